The highest BCUT2D eigenvalue weighted by atomic mass is 16.6. The summed E-state index contributed by atoms with van der Waals surface area (Å²) in [4.78, 5) is 38.3. The molecule has 1 aliphatic heterocycles. The van der Waals surface area contributed by atoms with Crippen LogP contribution in [0, 0.1) is 5.92 Å². The molecule has 1 aliphatic rings. The van der Waals surface area contributed by atoms with Crippen LogP contribution in [-0.2, 0) is 14.3 Å². The number of rotatable bonds is 4. The third kappa shape index (κ3) is 7.01. The van der Waals surface area contributed by atoms with Gasteiger partial charge < -0.3 is 19.9 Å². The summed E-state index contributed by atoms with van der Waals surface area (Å²) in [7, 11) is 0. The molecule has 0 bridgehead atoms. The smallest absolute Gasteiger partial charge is 0.417 e. The number of ether oxygens (including phenoxy) is 2. The molecule has 8 heteroatoms. The maximum Gasteiger partial charge on any atom is 0.417 e. The number of amides is 3. The van der Waals surface area contributed by atoms with Crippen LogP contribution >= 0.6 is 0 Å². The number of imide groups is 1. The van der Waals surface area contributed by atoms with Crippen molar-refractivity contribution in [3.63, 3.8) is 0 Å². The predicted molar refractivity (Wildman–Crippen MR) is 100 cm³/mol. The van der Waals surface area contributed by atoms with E-state index >= 15 is 0 Å². The molecule has 1 saturated heterocycles. The van der Waals surface area contributed by atoms with Gasteiger partial charge in [-0.15, -0.1) is 0 Å². The minimum absolute atomic E-state index is 0.206. The molecule has 0 spiro atoms. The molecule has 0 radical (unpaired) electrons. The maximum absolute atomic E-state index is 12.8. The number of nitrogens with one attached hydrogen (secondary N) is 1. The van der Waals surface area contributed by atoms with Gasteiger partial charge in [-0.05, 0) is 68.2 Å². The second-order valence-corrected chi connectivity index (χ2v) is 9.63. The summed E-state index contributed by atoms with van der Waals surface area (Å²) < 4.78 is 10.5. The predicted octanol–water partition coefficient (Wildman–Crippen LogP) is 2.82. The number of carbonyl (C=O) groups excluding carboxylic acids is 3. The third-order valence-corrected chi connectivity index (χ3v) is 4.01. The fraction of sp³-hybridized carbons (Fsp3) is 0.842. The Kier molecular flexibility index (Phi) is 6.91. The zero-order chi connectivity index (χ0) is 21.2. The number of nitrogens with zero attached hydrogens (tertiary/aromatic N) is 1. The van der Waals surface area contributed by atoms with Crippen molar-refractivity contribution in [1.82, 2.24) is 10.2 Å². The van der Waals surface area contributed by atoms with E-state index in [0.717, 1.165) is 4.90 Å². The average molecular weight is 386 g/mol. The van der Waals surface area contributed by atoms with Crippen LogP contribution in [0.1, 0.15) is 68.2 Å². The molecule has 0 saturated carbocycles. The summed E-state index contributed by atoms with van der Waals surface area (Å²) in [5.41, 5.74) is -2.09. The number of hydrogen-bond acceptors (Lipinski definition) is 6. The lowest BCUT2D eigenvalue weighted by atomic mass is 9.91. The second-order valence-electron chi connectivity index (χ2n) is 9.63. The van der Waals surface area contributed by atoms with E-state index in [9.17, 15) is 19.5 Å². The van der Waals surface area contributed by atoms with Gasteiger partial charge in [-0.1, -0.05) is 0 Å². The van der Waals surface area contributed by atoms with Crippen molar-refractivity contribution in [2.45, 2.75) is 91.0 Å². The fourth-order valence-electron chi connectivity index (χ4n) is 3.09. The molecular weight excluding hydrogens is 352 g/mol. The number of aliphatic hydroxyl groups excluding tert-OH is 1. The van der Waals surface area contributed by atoms with Crippen molar-refractivity contribution in [1.29, 1.82) is 0 Å². The molecule has 0 aliphatic carbocycles. The fourth-order valence-corrected chi connectivity index (χ4v) is 3.09. The number of carbonyl (C=O) groups is 3. The van der Waals surface area contributed by atoms with Crippen LogP contribution in [0.25, 0.3) is 0 Å². The lowest BCUT2D eigenvalue weighted by Crippen LogP contribution is -2.48. The van der Waals surface area contributed by atoms with Gasteiger partial charge in [-0.25, -0.2) is 14.5 Å². The maximum atomic E-state index is 12.8. The number of aliphatic hydroxyl groups is 1. The van der Waals surface area contributed by atoms with E-state index in [2.05, 4.69) is 5.32 Å². The zero-order valence-corrected chi connectivity index (χ0v) is 17.7. The van der Waals surface area contributed by atoms with Gasteiger partial charge in [-0.2, -0.15) is 0 Å². The summed E-state index contributed by atoms with van der Waals surface area (Å²) in [6, 6.07) is -0.650. The van der Waals surface area contributed by atoms with Crippen LogP contribution in [0.5, 0.6) is 0 Å². The van der Waals surface area contributed by atoms with Crippen molar-refractivity contribution in [3.8, 4) is 0 Å². The van der Waals surface area contributed by atoms with Crippen molar-refractivity contribution >= 4 is 18.1 Å². The standard InChI is InChI=1S/C19H34N2O6/c1-17(2,3)26-15(24)20-13(11-22)9-12-10-19(7,8)21(14(12)23)16(25)27-18(4,5)6/h12-13,22H,9-11H2,1-8H3,(H,20,24). The largest absolute Gasteiger partial charge is 0.444 e. The molecule has 2 atom stereocenters. The Labute approximate surface area is 161 Å². The average Bonchev–Trinajstić information content (AvgIpc) is 2.63. The molecule has 1 rings (SSSR count). The minimum Gasteiger partial charge on any atom is -0.444 e. The molecule has 2 N–H and O–H groups in total. The minimum atomic E-state index is -0.712. The van der Waals surface area contributed by atoms with Crippen LogP contribution in [0.4, 0.5) is 9.59 Å². The topological polar surface area (TPSA) is 105 Å². The van der Waals surface area contributed by atoms with E-state index in [4.69, 9.17) is 9.47 Å². The molecule has 3 amide bonds. The van der Waals surface area contributed by atoms with E-state index in [-0.39, 0.29) is 18.9 Å². The Morgan fingerprint density at radius 3 is 2.15 bits per heavy atom. The van der Waals surface area contributed by atoms with E-state index in [1.807, 2.05) is 0 Å². The van der Waals surface area contributed by atoms with Gasteiger partial charge in [0.15, 0.2) is 0 Å². The molecule has 0 aromatic rings. The normalized spacial score (nSPS) is 21.0. The molecule has 1 fully saturated rings. The molecule has 0 aromatic heterocycles. The molecule has 1 heterocycles. The van der Waals surface area contributed by atoms with Crippen molar-refractivity contribution in [2.24, 2.45) is 5.92 Å². The molecule has 27 heavy (non-hydrogen) atoms. The van der Waals surface area contributed by atoms with E-state index in [0.29, 0.717) is 6.42 Å². The first-order valence-corrected chi connectivity index (χ1v) is 9.23. The van der Waals surface area contributed by atoms with E-state index in [1.165, 1.54) is 0 Å². The Morgan fingerprint density at radius 2 is 1.70 bits per heavy atom. The van der Waals surface area contributed by atoms with Crippen LogP contribution in [0.15, 0.2) is 0 Å². The third-order valence-electron chi connectivity index (χ3n) is 4.01. The summed E-state index contributed by atoms with van der Waals surface area (Å²) in [6.45, 7) is 13.7. The lowest BCUT2D eigenvalue weighted by molar-refractivity contribution is -0.132. The number of likely N-dealkylation sites (tertiary alicyclic amines) is 1. The van der Waals surface area contributed by atoms with Gasteiger partial charge >= 0.3 is 12.2 Å². The van der Waals surface area contributed by atoms with Gasteiger partial charge in [0.05, 0.1) is 12.6 Å². The van der Waals surface area contributed by atoms with E-state index < -0.39 is 40.9 Å². The monoisotopic (exact) mass is 386 g/mol. The van der Waals surface area contributed by atoms with Gasteiger partial charge in [0.1, 0.15) is 11.2 Å². The van der Waals surface area contributed by atoms with Gasteiger partial charge in [0, 0.05) is 11.5 Å². The summed E-state index contributed by atoms with van der Waals surface area (Å²) in [5.74, 6) is -0.877. The van der Waals surface area contributed by atoms with Gasteiger partial charge in [-0.3, -0.25) is 4.79 Å². The van der Waals surface area contributed by atoms with Gasteiger partial charge in [0.2, 0.25) is 5.91 Å². The first-order chi connectivity index (χ1) is 12.1. The Balaban J connectivity index is 2.82. The summed E-state index contributed by atoms with van der Waals surface area (Å²) in [6.07, 6.45) is -0.717. The molecular formula is C19H34N2O6. The highest BCUT2D eigenvalue weighted by Crippen LogP contribution is 2.37. The first kappa shape index (κ1) is 23.2. The Morgan fingerprint density at radius 1 is 1.19 bits per heavy atom. The second kappa shape index (κ2) is 8.04. The zero-order valence-electron chi connectivity index (χ0n) is 17.7. The Bertz CT molecular complexity index is 574. The number of hydrogen-bond donors (Lipinski definition) is 2. The first-order valence-electron chi connectivity index (χ1n) is 9.23. The summed E-state index contributed by atoms with van der Waals surface area (Å²) >= 11 is 0. The number of alkyl carbamates (subject to hydrolysis) is 1. The molecule has 8 nitrogen and oxygen atoms in total. The molecule has 156 valence electrons. The highest BCUT2D eigenvalue weighted by Gasteiger charge is 2.50. The van der Waals surface area contributed by atoms with Crippen LogP contribution in [0.2, 0.25) is 0 Å². The highest BCUT2D eigenvalue weighted by molar-refractivity contribution is 5.96. The van der Waals surface area contributed by atoms with Crippen molar-refractivity contribution in [3.05, 3.63) is 0 Å². The molecule has 2 unspecified atom stereocenters. The summed E-state index contributed by atoms with van der Waals surface area (Å²) in [5, 5.41) is 12.2. The quantitative estimate of drug-likeness (QED) is 0.770. The van der Waals surface area contributed by atoms with Crippen molar-refractivity contribution in [2.75, 3.05) is 6.61 Å². The van der Waals surface area contributed by atoms with Gasteiger partial charge in [0.25, 0.3) is 0 Å². The molecule has 0 aromatic carbocycles. The van der Waals surface area contributed by atoms with E-state index in [1.54, 1.807) is 55.4 Å². The van der Waals surface area contributed by atoms with Crippen LogP contribution < -0.4 is 5.32 Å². The SMILES string of the molecule is CC(C)(C)OC(=O)NC(CO)CC1CC(C)(C)N(C(=O)OC(C)(C)C)C1=O. The van der Waals surface area contributed by atoms with Crippen molar-refractivity contribution < 1.29 is 29.0 Å². The lowest BCUT2D eigenvalue weighted by Gasteiger charge is -2.31. The van der Waals surface area contributed by atoms with Crippen LogP contribution in [0.3, 0.4) is 0 Å². The Hall–Kier alpha value is -1.83. The van der Waals surface area contributed by atoms with Crippen LogP contribution in [-0.4, -0.2) is 57.5 Å².